The van der Waals surface area contributed by atoms with E-state index in [0.717, 1.165) is 6.42 Å². The van der Waals surface area contributed by atoms with Crippen molar-refractivity contribution in [1.29, 1.82) is 0 Å². The van der Waals surface area contributed by atoms with Crippen LogP contribution >= 0.6 is 0 Å². The molecule has 4 aliphatic carbocycles. The van der Waals surface area contributed by atoms with Crippen molar-refractivity contribution in [2.24, 2.45) is 35.5 Å². The van der Waals surface area contributed by atoms with Gasteiger partial charge in [0.2, 0.25) is 11.8 Å². The molecule has 7 nitrogen and oxygen atoms in total. The van der Waals surface area contributed by atoms with E-state index in [9.17, 15) is 19.2 Å². The van der Waals surface area contributed by atoms with Gasteiger partial charge in [-0.1, -0.05) is 18.6 Å². The molecule has 0 unspecified atom stereocenters. The van der Waals surface area contributed by atoms with Crippen molar-refractivity contribution >= 4 is 23.6 Å². The normalized spacial score (nSPS) is 30.8. The SMILES string of the molecule is COc1ccc(C(=O)COC(=O)CCCCCN2C(=O)[C@H]3[C@@H]4C=C[C@H]([C@H]5C[C@H]45)[C@@H]3C2=O)cc1. The molecule has 1 aliphatic heterocycles. The van der Waals surface area contributed by atoms with Gasteiger partial charge in [0, 0.05) is 18.5 Å². The molecule has 0 spiro atoms. The average Bonchev–Trinajstić information content (AvgIpc) is 3.62. The van der Waals surface area contributed by atoms with Gasteiger partial charge in [-0.05, 0) is 67.2 Å². The molecule has 0 radical (unpaired) electrons. The number of likely N-dealkylation sites (tertiary alicyclic amines) is 1. The van der Waals surface area contributed by atoms with Crippen LogP contribution in [0, 0.1) is 35.5 Å². The van der Waals surface area contributed by atoms with E-state index in [1.54, 1.807) is 31.4 Å². The Hall–Kier alpha value is -2.96. The van der Waals surface area contributed by atoms with Crippen LogP contribution in [0.1, 0.15) is 42.5 Å². The van der Waals surface area contributed by atoms with Crippen LogP contribution in [0.25, 0.3) is 0 Å². The molecule has 3 fully saturated rings. The van der Waals surface area contributed by atoms with Crippen LogP contribution in [0.3, 0.4) is 0 Å². The summed E-state index contributed by atoms with van der Waals surface area (Å²) in [6.45, 7) is 0.132. The van der Waals surface area contributed by atoms with Crippen molar-refractivity contribution in [3.05, 3.63) is 42.0 Å². The third-order valence-corrected chi connectivity index (χ3v) is 7.79. The highest BCUT2D eigenvalue weighted by molar-refractivity contribution is 6.06. The molecule has 2 bridgehead atoms. The maximum atomic E-state index is 12.9. The minimum Gasteiger partial charge on any atom is -0.497 e. The molecule has 33 heavy (non-hydrogen) atoms. The monoisotopic (exact) mass is 451 g/mol. The zero-order valence-corrected chi connectivity index (χ0v) is 18.8. The number of imide groups is 1. The molecule has 2 amide bonds. The van der Waals surface area contributed by atoms with E-state index < -0.39 is 5.97 Å². The van der Waals surface area contributed by atoms with Crippen LogP contribution in [-0.4, -0.2) is 48.7 Å². The minimum atomic E-state index is -0.418. The van der Waals surface area contributed by atoms with Gasteiger partial charge in [-0.2, -0.15) is 0 Å². The molecule has 0 aromatic heterocycles. The largest absolute Gasteiger partial charge is 0.497 e. The van der Waals surface area contributed by atoms with E-state index >= 15 is 0 Å². The number of Topliss-reactive ketones (excluding diaryl/α,β-unsaturated/α-hetero) is 1. The van der Waals surface area contributed by atoms with Crippen LogP contribution in [0.4, 0.5) is 0 Å². The van der Waals surface area contributed by atoms with Gasteiger partial charge in [0.1, 0.15) is 5.75 Å². The lowest BCUT2D eigenvalue weighted by Gasteiger charge is -2.37. The number of benzene rings is 1. The number of amides is 2. The summed E-state index contributed by atoms with van der Waals surface area (Å²) in [7, 11) is 1.55. The van der Waals surface area contributed by atoms with Crippen molar-refractivity contribution in [1.82, 2.24) is 4.90 Å². The van der Waals surface area contributed by atoms with E-state index in [-0.39, 0.29) is 54.3 Å². The fourth-order valence-corrected chi connectivity index (χ4v) is 6.03. The molecule has 1 saturated heterocycles. The van der Waals surface area contributed by atoms with Gasteiger partial charge in [0.05, 0.1) is 18.9 Å². The number of methoxy groups -OCH3 is 1. The number of carbonyl (C=O) groups is 4. The zero-order valence-electron chi connectivity index (χ0n) is 18.8. The average molecular weight is 452 g/mol. The molecule has 2 saturated carbocycles. The van der Waals surface area contributed by atoms with Gasteiger partial charge >= 0.3 is 5.97 Å². The number of carbonyl (C=O) groups excluding carboxylic acids is 4. The van der Waals surface area contributed by atoms with Crippen molar-refractivity contribution < 1.29 is 28.7 Å². The third-order valence-electron chi connectivity index (χ3n) is 7.79. The second kappa shape index (κ2) is 8.76. The number of hydrogen-bond acceptors (Lipinski definition) is 6. The van der Waals surface area contributed by atoms with Crippen molar-refractivity contribution in [2.45, 2.75) is 32.1 Å². The number of ketones is 1. The highest BCUT2D eigenvalue weighted by Crippen LogP contribution is 2.65. The van der Waals surface area contributed by atoms with E-state index in [1.165, 1.54) is 4.90 Å². The maximum Gasteiger partial charge on any atom is 0.306 e. The number of nitrogens with zero attached hydrogens (tertiary/aromatic N) is 1. The first-order valence-corrected chi connectivity index (χ1v) is 11.9. The predicted octanol–water partition coefficient (Wildman–Crippen LogP) is 3.03. The second-order valence-electron chi connectivity index (χ2n) is 9.61. The fraction of sp³-hybridized carbons (Fsp3) is 0.538. The topological polar surface area (TPSA) is 90.0 Å². The Morgan fingerprint density at radius 3 is 2.18 bits per heavy atom. The number of ether oxygens (including phenoxy) is 2. The Bertz CT molecular complexity index is 963. The lowest BCUT2D eigenvalue weighted by Crippen LogP contribution is -2.40. The summed E-state index contributed by atoms with van der Waals surface area (Å²) in [4.78, 5) is 51.4. The Morgan fingerprint density at radius 1 is 0.939 bits per heavy atom. The van der Waals surface area contributed by atoms with E-state index in [1.807, 2.05) is 0 Å². The molecule has 7 heteroatoms. The van der Waals surface area contributed by atoms with Crippen LogP contribution in [0.2, 0.25) is 0 Å². The summed E-state index contributed by atoms with van der Waals surface area (Å²) in [5.74, 6) is 1.42. The fourth-order valence-electron chi connectivity index (χ4n) is 6.03. The molecule has 6 atom stereocenters. The molecule has 1 heterocycles. The van der Waals surface area contributed by atoms with E-state index in [2.05, 4.69) is 12.2 Å². The van der Waals surface area contributed by atoms with E-state index in [4.69, 9.17) is 9.47 Å². The number of unbranched alkanes of at least 4 members (excludes halogenated alkanes) is 2. The summed E-state index contributed by atoms with van der Waals surface area (Å²) in [6, 6.07) is 6.64. The Labute approximate surface area is 193 Å². The van der Waals surface area contributed by atoms with Crippen LogP contribution in [0.5, 0.6) is 5.75 Å². The number of esters is 1. The van der Waals surface area contributed by atoms with Gasteiger partial charge in [-0.25, -0.2) is 0 Å². The van der Waals surface area contributed by atoms with Gasteiger partial charge in [-0.15, -0.1) is 0 Å². The van der Waals surface area contributed by atoms with Crippen molar-refractivity contribution in [2.75, 3.05) is 20.3 Å². The smallest absolute Gasteiger partial charge is 0.306 e. The van der Waals surface area contributed by atoms with Crippen LogP contribution in [-0.2, 0) is 19.1 Å². The summed E-state index contributed by atoms with van der Waals surface area (Å²) in [6.07, 6.45) is 7.71. The molecule has 6 rings (SSSR count). The maximum absolute atomic E-state index is 12.9. The van der Waals surface area contributed by atoms with Crippen molar-refractivity contribution in [3.8, 4) is 5.75 Å². The highest BCUT2D eigenvalue weighted by Gasteiger charge is 2.66. The van der Waals surface area contributed by atoms with Gasteiger partial charge in [0.25, 0.3) is 0 Å². The Kier molecular flexibility index (Phi) is 5.81. The molecule has 0 N–H and O–H groups in total. The molecular weight excluding hydrogens is 422 g/mol. The first-order chi connectivity index (χ1) is 16.0. The molecule has 5 aliphatic rings. The second-order valence-corrected chi connectivity index (χ2v) is 9.61. The summed E-state index contributed by atoms with van der Waals surface area (Å²) in [5, 5.41) is 0. The number of rotatable bonds is 10. The molecule has 1 aromatic carbocycles. The summed E-state index contributed by atoms with van der Waals surface area (Å²) < 4.78 is 10.2. The zero-order chi connectivity index (χ0) is 23.1. The molecular formula is C26H29NO6. The quantitative estimate of drug-likeness (QED) is 0.179. The Morgan fingerprint density at radius 2 is 1.58 bits per heavy atom. The number of hydrogen-bond donors (Lipinski definition) is 0. The van der Waals surface area contributed by atoms with Gasteiger partial charge < -0.3 is 9.47 Å². The van der Waals surface area contributed by atoms with Gasteiger partial charge in [0.15, 0.2) is 12.4 Å². The van der Waals surface area contributed by atoms with Crippen LogP contribution in [0.15, 0.2) is 36.4 Å². The molecule has 174 valence electrons. The lowest BCUT2D eigenvalue weighted by molar-refractivity contribution is -0.143. The standard InChI is InChI=1S/C26H29NO6/c1-32-16-8-6-15(7-9-16)21(28)14-33-22(29)5-3-2-4-12-27-25(30)23-17-10-11-18(20-13-19(17)20)24(23)26(27)31/h6-11,17-20,23-24H,2-5,12-14H2,1H3/t17-,18-,19-,20-,23+,24+/m1/s1. The highest BCUT2D eigenvalue weighted by atomic mass is 16.5. The molecule has 1 aromatic rings. The third kappa shape index (κ3) is 3.98. The number of allylic oxidation sites excluding steroid dienone is 2. The first kappa shape index (κ1) is 21.9. The van der Waals surface area contributed by atoms with Crippen LogP contribution < -0.4 is 4.74 Å². The van der Waals surface area contributed by atoms with Gasteiger partial charge in [-0.3, -0.25) is 24.1 Å². The van der Waals surface area contributed by atoms with E-state index in [0.29, 0.717) is 49.0 Å². The lowest BCUT2D eigenvalue weighted by atomic mass is 9.63. The summed E-state index contributed by atoms with van der Waals surface area (Å²) in [5.41, 5.74) is 0.463. The summed E-state index contributed by atoms with van der Waals surface area (Å²) >= 11 is 0. The van der Waals surface area contributed by atoms with Crippen molar-refractivity contribution in [3.63, 3.8) is 0 Å². The Balaban J connectivity index is 1.01. The predicted molar refractivity (Wildman–Crippen MR) is 118 cm³/mol. The first-order valence-electron chi connectivity index (χ1n) is 11.9. The minimum absolute atomic E-state index is 0.00570.